The van der Waals surface area contributed by atoms with Crippen LogP contribution < -0.4 is 0 Å². The van der Waals surface area contributed by atoms with Gasteiger partial charge in [-0.3, -0.25) is 0 Å². The molecule has 0 saturated heterocycles. The van der Waals surface area contributed by atoms with Crippen molar-refractivity contribution in [1.82, 2.24) is 20.0 Å². The Hall–Kier alpha value is -1.23. The summed E-state index contributed by atoms with van der Waals surface area (Å²) >= 11 is 3.28. The van der Waals surface area contributed by atoms with Crippen molar-refractivity contribution >= 4 is 15.9 Å². The first kappa shape index (κ1) is 7.42. The molecule has 4 nitrogen and oxygen atoms in total. The first-order chi connectivity index (χ1) is 5.86. The molecule has 0 aliphatic rings. The molecule has 2 aromatic rings. The van der Waals surface area contributed by atoms with Gasteiger partial charge in [0.1, 0.15) is 4.60 Å². The summed E-state index contributed by atoms with van der Waals surface area (Å²) in [5.74, 6) is 0.752. The van der Waals surface area contributed by atoms with Crippen molar-refractivity contribution in [3.05, 3.63) is 35.2 Å². The van der Waals surface area contributed by atoms with E-state index in [1.54, 1.807) is 17.1 Å². The van der Waals surface area contributed by atoms with Gasteiger partial charge in [-0.2, -0.15) is 0 Å². The second-order valence-corrected chi connectivity index (χ2v) is 2.98. The van der Waals surface area contributed by atoms with Crippen molar-refractivity contribution in [2.75, 3.05) is 0 Å². The molecule has 0 aromatic carbocycles. The van der Waals surface area contributed by atoms with Crippen molar-refractivity contribution in [3.63, 3.8) is 0 Å². The standard InChI is InChI=1S/C7H5BrN4/c8-6-2-1-3-7(10-6)12-5-4-9-11-12/h1-5H. The van der Waals surface area contributed by atoms with Gasteiger partial charge in [0, 0.05) is 0 Å². The fourth-order valence-corrected chi connectivity index (χ4v) is 1.19. The minimum absolute atomic E-state index is 0.752. The van der Waals surface area contributed by atoms with Gasteiger partial charge in [-0.05, 0) is 28.1 Å². The summed E-state index contributed by atoms with van der Waals surface area (Å²) in [6.45, 7) is 0. The van der Waals surface area contributed by atoms with Crippen LogP contribution in [0.1, 0.15) is 0 Å². The third kappa shape index (κ3) is 1.35. The van der Waals surface area contributed by atoms with E-state index < -0.39 is 0 Å². The molecule has 0 saturated carbocycles. The third-order valence-corrected chi connectivity index (χ3v) is 1.80. The summed E-state index contributed by atoms with van der Waals surface area (Å²) in [6, 6.07) is 5.62. The average Bonchev–Trinajstić information content (AvgIpc) is 2.56. The second kappa shape index (κ2) is 3.02. The lowest BCUT2D eigenvalue weighted by Gasteiger charge is -1.97. The Morgan fingerprint density at radius 1 is 1.33 bits per heavy atom. The number of aromatic nitrogens is 4. The van der Waals surface area contributed by atoms with E-state index in [0.717, 1.165) is 10.4 Å². The maximum Gasteiger partial charge on any atom is 0.156 e. The molecule has 5 heteroatoms. The van der Waals surface area contributed by atoms with E-state index >= 15 is 0 Å². The van der Waals surface area contributed by atoms with E-state index in [2.05, 4.69) is 31.2 Å². The fraction of sp³-hybridized carbons (Fsp3) is 0. The molecule has 0 amide bonds. The van der Waals surface area contributed by atoms with Gasteiger partial charge in [0.2, 0.25) is 0 Å². The van der Waals surface area contributed by atoms with Crippen LogP contribution in [-0.2, 0) is 0 Å². The SMILES string of the molecule is Brc1cccc(-n2ccnn2)n1. The summed E-state index contributed by atoms with van der Waals surface area (Å²) in [5, 5.41) is 7.50. The van der Waals surface area contributed by atoms with Crippen LogP contribution in [0.3, 0.4) is 0 Å². The van der Waals surface area contributed by atoms with Crippen LogP contribution in [0, 0.1) is 0 Å². The summed E-state index contributed by atoms with van der Waals surface area (Å²) in [6.07, 6.45) is 3.36. The van der Waals surface area contributed by atoms with Gasteiger partial charge >= 0.3 is 0 Å². The first-order valence-corrected chi connectivity index (χ1v) is 4.15. The van der Waals surface area contributed by atoms with Crippen LogP contribution in [0.4, 0.5) is 0 Å². The highest BCUT2D eigenvalue weighted by Crippen LogP contribution is 2.08. The van der Waals surface area contributed by atoms with E-state index in [4.69, 9.17) is 0 Å². The van der Waals surface area contributed by atoms with Crippen LogP contribution >= 0.6 is 15.9 Å². The zero-order valence-corrected chi connectivity index (χ0v) is 7.64. The summed E-state index contributed by atoms with van der Waals surface area (Å²) in [7, 11) is 0. The Labute approximate surface area is 77.4 Å². The van der Waals surface area contributed by atoms with Gasteiger partial charge in [0.25, 0.3) is 0 Å². The first-order valence-electron chi connectivity index (χ1n) is 3.35. The molecule has 0 N–H and O–H groups in total. The molecule has 12 heavy (non-hydrogen) atoms. The summed E-state index contributed by atoms with van der Waals surface area (Å²) < 4.78 is 2.39. The Morgan fingerprint density at radius 2 is 2.25 bits per heavy atom. The highest BCUT2D eigenvalue weighted by atomic mass is 79.9. The van der Waals surface area contributed by atoms with Crippen LogP contribution in [0.5, 0.6) is 0 Å². The highest BCUT2D eigenvalue weighted by molar-refractivity contribution is 9.10. The van der Waals surface area contributed by atoms with Crippen LogP contribution in [0.15, 0.2) is 35.2 Å². The molecular formula is C7H5BrN4. The van der Waals surface area contributed by atoms with E-state index in [1.807, 2.05) is 18.2 Å². The quantitative estimate of drug-likeness (QED) is 0.689. The van der Waals surface area contributed by atoms with E-state index in [1.165, 1.54) is 0 Å². The molecule has 60 valence electrons. The predicted molar refractivity (Wildman–Crippen MR) is 46.9 cm³/mol. The maximum absolute atomic E-state index is 4.19. The van der Waals surface area contributed by atoms with E-state index in [-0.39, 0.29) is 0 Å². The number of pyridine rings is 1. The number of hydrogen-bond donors (Lipinski definition) is 0. The smallest absolute Gasteiger partial charge is 0.156 e. The van der Waals surface area contributed by atoms with Crippen molar-refractivity contribution in [2.45, 2.75) is 0 Å². The Morgan fingerprint density at radius 3 is 2.92 bits per heavy atom. The zero-order valence-electron chi connectivity index (χ0n) is 6.05. The molecule has 0 fully saturated rings. The number of rotatable bonds is 1. The lowest BCUT2D eigenvalue weighted by atomic mass is 10.5. The predicted octanol–water partition coefficient (Wildman–Crippen LogP) is 1.42. The van der Waals surface area contributed by atoms with Gasteiger partial charge in [-0.15, -0.1) is 5.10 Å². The van der Waals surface area contributed by atoms with Gasteiger partial charge in [0.15, 0.2) is 5.82 Å². The molecule has 0 spiro atoms. The van der Waals surface area contributed by atoms with Crippen molar-refractivity contribution < 1.29 is 0 Å². The molecule has 2 rings (SSSR count). The van der Waals surface area contributed by atoms with Crippen molar-refractivity contribution in [2.24, 2.45) is 0 Å². The van der Waals surface area contributed by atoms with Gasteiger partial charge in [-0.1, -0.05) is 11.3 Å². The Bertz CT molecular complexity index is 371. The zero-order chi connectivity index (χ0) is 8.39. The van der Waals surface area contributed by atoms with Gasteiger partial charge in [-0.25, -0.2) is 9.67 Å². The highest BCUT2D eigenvalue weighted by Gasteiger charge is 1.97. The molecule has 0 aliphatic carbocycles. The lowest BCUT2D eigenvalue weighted by molar-refractivity contribution is 0.779. The number of halogens is 1. The maximum atomic E-state index is 4.19. The molecule has 0 atom stereocenters. The Kier molecular flexibility index (Phi) is 1.87. The topological polar surface area (TPSA) is 43.6 Å². The normalized spacial score (nSPS) is 10.1. The minimum Gasteiger partial charge on any atom is -0.222 e. The molecule has 2 aromatic heterocycles. The fourth-order valence-electron chi connectivity index (χ4n) is 0.856. The monoisotopic (exact) mass is 224 g/mol. The minimum atomic E-state index is 0.752. The molecule has 0 aliphatic heterocycles. The average molecular weight is 225 g/mol. The van der Waals surface area contributed by atoms with Crippen LogP contribution in [0.2, 0.25) is 0 Å². The summed E-state index contributed by atoms with van der Waals surface area (Å²) in [5.41, 5.74) is 0. The lowest BCUT2D eigenvalue weighted by Crippen LogP contribution is -1.97. The van der Waals surface area contributed by atoms with Crippen molar-refractivity contribution in [1.29, 1.82) is 0 Å². The molecule has 0 radical (unpaired) electrons. The second-order valence-electron chi connectivity index (χ2n) is 2.17. The molecule has 2 heterocycles. The molecular weight excluding hydrogens is 220 g/mol. The number of hydrogen-bond acceptors (Lipinski definition) is 3. The molecule has 0 unspecified atom stereocenters. The molecule has 0 bridgehead atoms. The van der Waals surface area contributed by atoms with Gasteiger partial charge < -0.3 is 0 Å². The van der Waals surface area contributed by atoms with Crippen LogP contribution in [0.25, 0.3) is 5.82 Å². The van der Waals surface area contributed by atoms with Gasteiger partial charge in [0.05, 0.1) is 12.4 Å². The third-order valence-electron chi connectivity index (χ3n) is 1.36. The van der Waals surface area contributed by atoms with Crippen molar-refractivity contribution in [3.8, 4) is 5.82 Å². The van der Waals surface area contributed by atoms with Crippen LogP contribution in [-0.4, -0.2) is 20.0 Å². The number of nitrogens with zero attached hydrogens (tertiary/aromatic N) is 4. The van der Waals surface area contributed by atoms with E-state index in [0.29, 0.717) is 0 Å². The van der Waals surface area contributed by atoms with E-state index in [9.17, 15) is 0 Å². The Balaban J connectivity index is 2.48. The largest absolute Gasteiger partial charge is 0.222 e. The summed E-state index contributed by atoms with van der Waals surface area (Å²) in [4.78, 5) is 4.19.